The monoisotopic (exact) mass is 366 g/mol. The van der Waals surface area contributed by atoms with Gasteiger partial charge in [0.15, 0.2) is 5.13 Å². The Hall–Kier alpha value is -2.87. The zero-order valence-electron chi connectivity index (χ0n) is 14.1. The maximum Gasteiger partial charge on any atom is 0.276 e. The van der Waals surface area contributed by atoms with Gasteiger partial charge >= 0.3 is 0 Å². The van der Waals surface area contributed by atoms with E-state index in [0.717, 1.165) is 43.1 Å². The number of amides is 1. The fourth-order valence-corrected chi connectivity index (χ4v) is 3.59. The summed E-state index contributed by atoms with van der Waals surface area (Å²) in [5, 5.41) is 5.20. The summed E-state index contributed by atoms with van der Waals surface area (Å²) in [5.41, 5.74) is 1.86. The van der Waals surface area contributed by atoms with Crippen molar-refractivity contribution in [3.8, 4) is 11.4 Å². The van der Waals surface area contributed by atoms with Crippen molar-refractivity contribution in [2.45, 2.75) is 19.3 Å². The van der Waals surface area contributed by atoms with Gasteiger partial charge in [0.05, 0.1) is 5.69 Å². The maximum absolute atomic E-state index is 12.5. The van der Waals surface area contributed by atoms with Crippen molar-refractivity contribution >= 4 is 28.2 Å². The summed E-state index contributed by atoms with van der Waals surface area (Å²) < 4.78 is 0. The molecule has 1 amide bonds. The average molecular weight is 366 g/mol. The summed E-state index contributed by atoms with van der Waals surface area (Å²) in [6.45, 7) is 1.94. The number of carbonyl (C=O) groups excluding carboxylic acids is 1. The molecule has 3 aromatic heterocycles. The van der Waals surface area contributed by atoms with Gasteiger partial charge in [-0.05, 0) is 31.4 Å². The molecule has 4 heterocycles. The van der Waals surface area contributed by atoms with Crippen LogP contribution in [0.3, 0.4) is 0 Å². The summed E-state index contributed by atoms with van der Waals surface area (Å²) in [6.07, 6.45) is 6.72. The molecule has 0 atom stereocenters. The SMILES string of the molecule is O=C(Nc1nc(-c2ccccn2)cs1)c1cc(N2CCCCC2)ncn1. The molecule has 7 nitrogen and oxygen atoms in total. The fourth-order valence-electron chi connectivity index (χ4n) is 2.89. The van der Waals surface area contributed by atoms with Gasteiger partial charge in [-0.3, -0.25) is 15.1 Å². The van der Waals surface area contributed by atoms with E-state index in [9.17, 15) is 4.79 Å². The number of rotatable bonds is 4. The number of nitrogens with one attached hydrogen (secondary N) is 1. The molecule has 0 bridgehead atoms. The summed E-state index contributed by atoms with van der Waals surface area (Å²) in [4.78, 5) is 31.8. The third-order valence-electron chi connectivity index (χ3n) is 4.22. The van der Waals surface area contributed by atoms with E-state index in [1.54, 1.807) is 12.3 Å². The van der Waals surface area contributed by atoms with Gasteiger partial charge in [0.25, 0.3) is 5.91 Å². The highest BCUT2D eigenvalue weighted by molar-refractivity contribution is 7.14. The first-order chi connectivity index (χ1) is 12.8. The van der Waals surface area contributed by atoms with Gasteiger partial charge in [-0.15, -0.1) is 11.3 Å². The lowest BCUT2D eigenvalue weighted by Gasteiger charge is -2.27. The second-order valence-corrected chi connectivity index (χ2v) is 6.87. The van der Waals surface area contributed by atoms with E-state index in [2.05, 4.69) is 30.2 Å². The Morgan fingerprint density at radius 1 is 1.08 bits per heavy atom. The molecule has 26 heavy (non-hydrogen) atoms. The minimum Gasteiger partial charge on any atom is -0.357 e. The minimum absolute atomic E-state index is 0.285. The third kappa shape index (κ3) is 3.70. The number of piperidine rings is 1. The number of hydrogen-bond donors (Lipinski definition) is 1. The topological polar surface area (TPSA) is 83.9 Å². The molecule has 0 unspecified atom stereocenters. The van der Waals surface area contributed by atoms with Gasteiger partial charge in [-0.25, -0.2) is 15.0 Å². The number of pyridine rings is 1. The van der Waals surface area contributed by atoms with E-state index >= 15 is 0 Å². The molecule has 1 aliphatic rings. The van der Waals surface area contributed by atoms with Crippen molar-refractivity contribution in [3.63, 3.8) is 0 Å². The van der Waals surface area contributed by atoms with E-state index in [4.69, 9.17) is 0 Å². The highest BCUT2D eigenvalue weighted by Crippen LogP contribution is 2.24. The second-order valence-electron chi connectivity index (χ2n) is 6.02. The molecule has 1 saturated heterocycles. The molecule has 0 aromatic carbocycles. The van der Waals surface area contributed by atoms with E-state index in [1.807, 2.05) is 23.6 Å². The maximum atomic E-state index is 12.5. The smallest absolute Gasteiger partial charge is 0.276 e. The number of nitrogens with zero attached hydrogens (tertiary/aromatic N) is 5. The van der Waals surface area contributed by atoms with E-state index < -0.39 is 0 Å². The molecule has 0 aliphatic carbocycles. The van der Waals surface area contributed by atoms with Crippen molar-refractivity contribution in [3.05, 3.63) is 47.9 Å². The lowest BCUT2D eigenvalue weighted by atomic mass is 10.1. The molecule has 4 rings (SSSR count). The van der Waals surface area contributed by atoms with Crippen LogP contribution in [0.5, 0.6) is 0 Å². The van der Waals surface area contributed by atoms with Crippen molar-refractivity contribution in [2.24, 2.45) is 0 Å². The molecule has 1 aliphatic heterocycles. The normalized spacial score (nSPS) is 14.2. The van der Waals surface area contributed by atoms with Crippen molar-refractivity contribution < 1.29 is 4.79 Å². The van der Waals surface area contributed by atoms with Gasteiger partial charge in [0.2, 0.25) is 0 Å². The quantitative estimate of drug-likeness (QED) is 0.763. The van der Waals surface area contributed by atoms with Crippen LogP contribution in [0, 0.1) is 0 Å². The van der Waals surface area contributed by atoms with Gasteiger partial charge in [0.1, 0.15) is 23.5 Å². The standard InChI is InChI=1S/C18H18N6OS/c25-17(14-10-16(21-12-20-14)24-8-4-1-5-9-24)23-18-22-15(11-26-18)13-6-2-3-7-19-13/h2-3,6-7,10-12H,1,4-5,8-9H2,(H,22,23,25). The fraction of sp³-hybridized carbons (Fsp3) is 0.278. The Kier molecular flexibility index (Phi) is 4.83. The van der Waals surface area contributed by atoms with Crippen LogP contribution in [0.2, 0.25) is 0 Å². The lowest BCUT2D eigenvalue weighted by Crippen LogP contribution is -2.30. The molecule has 1 N–H and O–H groups in total. The van der Waals surface area contributed by atoms with Crippen molar-refractivity contribution in [1.82, 2.24) is 19.9 Å². The van der Waals surface area contributed by atoms with Crippen LogP contribution in [0.25, 0.3) is 11.4 Å². The van der Waals surface area contributed by atoms with Crippen LogP contribution in [-0.4, -0.2) is 38.9 Å². The number of thiazole rings is 1. The van der Waals surface area contributed by atoms with Crippen LogP contribution in [-0.2, 0) is 0 Å². The average Bonchev–Trinajstić information content (AvgIpc) is 3.18. The highest BCUT2D eigenvalue weighted by atomic mass is 32.1. The Morgan fingerprint density at radius 2 is 1.96 bits per heavy atom. The third-order valence-corrected chi connectivity index (χ3v) is 4.98. The van der Waals surface area contributed by atoms with Crippen LogP contribution in [0.1, 0.15) is 29.8 Å². The molecule has 0 radical (unpaired) electrons. The molecular weight excluding hydrogens is 348 g/mol. The van der Waals surface area contributed by atoms with E-state index in [0.29, 0.717) is 10.8 Å². The summed E-state index contributed by atoms with van der Waals surface area (Å²) >= 11 is 1.36. The first kappa shape index (κ1) is 16.6. The summed E-state index contributed by atoms with van der Waals surface area (Å²) in [5.74, 6) is 0.519. The summed E-state index contributed by atoms with van der Waals surface area (Å²) in [6, 6.07) is 7.39. The molecule has 132 valence electrons. The molecule has 0 spiro atoms. The number of carbonyl (C=O) groups is 1. The zero-order chi connectivity index (χ0) is 17.8. The molecule has 3 aromatic rings. The first-order valence-electron chi connectivity index (χ1n) is 8.55. The van der Waals surface area contributed by atoms with Crippen LogP contribution >= 0.6 is 11.3 Å². The minimum atomic E-state index is -0.285. The molecule has 1 fully saturated rings. The number of aromatic nitrogens is 4. The predicted octanol–water partition coefficient (Wildman–Crippen LogP) is 3.24. The first-order valence-corrected chi connectivity index (χ1v) is 9.43. The second kappa shape index (κ2) is 7.57. The largest absolute Gasteiger partial charge is 0.357 e. The van der Waals surface area contributed by atoms with E-state index in [1.165, 1.54) is 24.1 Å². The molecular formula is C18H18N6OS. The van der Waals surface area contributed by atoms with Crippen molar-refractivity contribution in [1.29, 1.82) is 0 Å². The Balaban J connectivity index is 1.47. The van der Waals surface area contributed by atoms with Gasteiger partial charge in [-0.2, -0.15) is 0 Å². The Morgan fingerprint density at radius 3 is 2.77 bits per heavy atom. The van der Waals surface area contributed by atoms with Gasteiger partial charge < -0.3 is 4.90 Å². The Labute approximate surface area is 155 Å². The molecule has 0 saturated carbocycles. The van der Waals surface area contributed by atoms with Gasteiger partial charge in [-0.1, -0.05) is 6.07 Å². The van der Waals surface area contributed by atoms with Crippen LogP contribution in [0.4, 0.5) is 10.9 Å². The van der Waals surface area contributed by atoms with Crippen LogP contribution < -0.4 is 10.2 Å². The number of hydrogen-bond acceptors (Lipinski definition) is 7. The lowest BCUT2D eigenvalue weighted by molar-refractivity contribution is 0.102. The summed E-state index contributed by atoms with van der Waals surface area (Å²) in [7, 11) is 0. The molecule has 8 heteroatoms. The van der Waals surface area contributed by atoms with Crippen molar-refractivity contribution in [2.75, 3.05) is 23.3 Å². The predicted molar refractivity (Wildman–Crippen MR) is 101 cm³/mol. The Bertz CT molecular complexity index is 891. The number of anilines is 2. The van der Waals surface area contributed by atoms with Crippen LogP contribution in [0.15, 0.2) is 42.2 Å². The van der Waals surface area contributed by atoms with Gasteiger partial charge in [0, 0.05) is 30.7 Å². The van der Waals surface area contributed by atoms with E-state index in [-0.39, 0.29) is 5.91 Å². The zero-order valence-corrected chi connectivity index (χ0v) is 14.9. The highest BCUT2D eigenvalue weighted by Gasteiger charge is 2.16.